The average Bonchev–Trinajstić information content (AvgIpc) is 1.86. The number of halogens is 1. The van der Waals surface area contributed by atoms with Gasteiger partial charge in [0.2, 0.25) is 0 Å². The quantitative estimate of drug-likeness (QED) is 0.517. The molecule has 0 aromatic carbocycles. The Kier molecular flexibility index (Phi) is 1.67. The lowest BCUT2D eigenvalue weighted by molar-refractivity contribution is 0.135. The molecule has 3 atom stereocenters. The van der Waals surface area contributed by atoms with Crippen LogP contribution in [0.2, 0.25) is 0 Å². The lowest BCUT2D eigenvalue weighted by Crippen LogP contribution is -2.37. The minimum atomic E-state index is -1.09. The fourth-order valence-corrected chi connectivity index (χ4v) is 1.31. The third-order valence-electron chi connectivity index (χ3n) is 2.22. The molecule has 0 radical (unpaired) electrons. The van der Waals surface area contributed by atoms with Gasteiger partial charge in [0.25, 0.3) is 0 Å². The van der Waals surface area contributed by atoms with Gasteiger partial charge in [0.1, 0.15) is 5.67 Å². The number of allylic oxidation sites excluding steroid dienone is 3. The molecule has 1 aliphatic carbocycles. The monoisotopic (exact) mass is 140 g/mol. The van der Waals surface area contributed by atoms with Gasteiger partial charge in [0.05, 0.1) is 0 Å². The second-order valence-electron chi connectivity index (χ2n) is 3.13. The second kappa shape index (κ2) is 2.22. The minimum absolute atomic E-state index is 0.0463. The van der Waals surface area contributed by atoms with Crippen molar-refractivity contribution in [2.24, 2.45) is 11.8 Å². The van der Waals surface area contributed by atoms with Gasteiger partial charge in [-0.05, 0) is 12.8 Å². The van der Waals surface area contributed by atoms with E-state index in [4.69, 9.17) is 0 Å². The van der Waals surface area contributed by atoms with Gasteiger partial charge in [-0.25, -0.2) is 4.39 Å². The number of rotatable bonds is 2. The Morgan fingerprint density at radius 1 is 1.80 bits per heavy atom. The van der Waals surface area contributed by atoms with E-state index in [1.165, 1.54) is 0 Å². The van der Waals surface area contributed by atoms with Crippen LogP contribution in [0, 0.1) is 11.8 Å². The van der Waals surface area contributed by atoms with Gasteiger partial charge >= 0.3 is 0 Å². The molecule has 10 heavy (non-hydrogen) atoms. The zero-order valence-electron chi connectivity index (χ0n) is 6.47. The highest BCUT2D eigenvalue weighted by atomic mass is 19.1. The van der Waals surface area contributed by atoms with Gasteiger partial charge in [-0.3, -0.25) is 0 Å². The second-order valence-corrected chi connectivity index (χ2v) is 3.13. The molecule has 0 spiro atoms. The molecule has 0 aliphatic heterocycles. The molecule has 0 aromatic rings. The summed E-state index contributed by atoms with van der Waals surface area (Å²) >= 11 is 0. The van der Waals surface area contributed by atoms with Crippen molar-refractivity contribution in [1.82, 2.24) is 0 Å². The lowest BCUT2D eigenvalue weighted by atomic mass is 9.73. The number of hydrogen-bond donors (Lipinski definition) is 0. The van der Waals surface area contributed by atoms with Gasteiger partial charge < -0.3 is 0 Å². The van der Waals surface area contributed by atoms with Crippen molar-refractivity contribution in [1.29, 1.82) is 0 Å². The van der Waals surface area contributed by atoms with Crippen LogP contribution >= 0.6 is 0 Å². The first-order chi connectivity index (χ1) is 4.58. The third kappa shape index (κ3) is 1.00. The minimum Gasteiger partial charge on any atom is -0.239 e. The van der Waals surface area contributed by atoms with Crippen molar-refractivity contribution in [2.45, 2.75) is 19.5 Å². The van der Waals surface area contributed by atoms with E-state index < -0.39 is 5.67 Å². The summed E-state index contributed by atoms with van der Waals surface area (Å²) in [7, 11) is 0. The highest BCUT2D eigenvalue weighted by molar-refractivity contribution is 5.21. The van der Waals surface area contributed by atoms with Crippen LogP contribution in [-0.2, 0) is 0 Å². The van der Waals surface area contributed by atoms with E-state index >= 15 is 0 Å². The van der Waals surface area contributed by atoms with Gasteiger partial charge in [0.15, 0.2) is 0 Å². The van der Waals surface area contributed by atoms with Gasteiger partial charge in [-0.15, -0.1) is 6.58 Å². The average molecular weight is 140 g/mol. The van der Waals surface area contributed by atoms with Crippen molar-refractivity contribution in [3.63, 3.8) is 0 Å². The summed E-state index contributed by atoms with van der Waals surface area (Å²) in [6.45, 7) is 7.22. The first-order valence-electron chi connectivity index (χ1n) is 3.59. The van der Waals surface area contributed by atoms with Crippen LogP contribution in [0.25, 0.3) is 0 Å². The highest BCUT2D eigenvalue weighted by Crippen LogP contribution is 2.39. The Balaban J connectivity index is 2.62. The van der Waals surface area contributed by atoms with E-state index in [9.17, 15) is 4.39 Å². The maximum absolute atomic E-state index is 13.2. The summed E-state index contributed by atoms with van der Waals surface area (Å²) < 4.78 is 13.2. The molecule has 3 unspecified atom stereocenters. The fourth-order valence-electron chi connectivity index (χ4n) is 1.31. The number of alkyl halides is 1. The van der Waals surface area contributed by atoms with E-state index in [0.29, 0.717) is 0 Å². The Morgan fingerprint density at radius 3 is 2.50 bits per heavy atom. The highest BCUT2D eigenvalue weighted by Gasteiger charge is 2.39. The van der Waals surface area contributed by atoms with Crippen molar-refractivity contribution in [3.8, 4) is 0 Å². The largest absolute Gasteiger partial charge is 0.239 e. The molecular weight excluding hydrogens is 127 g/mol. The van der Waals surface area contributed by atoms with Crippen molar-refractivity contribution < 1.29 is 4.39 Å². The van der Waals surface area contributed by atoms with Crippen LogP contribution in [0.15, 0.2) is 24.8 Å². The van der Waals surface area contributed by atoms with Crippen LogP contribution in [0.5, 0.6) is 0 Å². The molecule has 0 amide bonds. The molecule has 1 aliphatic rings. The van der Waals surface area contributed by atoms with Crippen LogP contribution in [0.3, 0.4) is 0 Å². The number of hydrogen-bond acceptors (Lipinski definition) is 0. The van der Waals surface area contributed by atoms with E-state index in [1.807, 2.05) is 13.0 Å². The van der Waals surface area contributed by atoms with Crippen molar-refractivity contribution >= 4 is 0 Å². The van der Waals surface area contributed by atoms with E-state index in [0.717, 1.165) is 0 Å². The molecular formula is C9H13F. The Morgan fingerprint density at radius 2 is 2.40 bits per heavy atom. The molecule has 0 bridgehead atoms. The Labute approximate surface area is 61.4 Å². The normalized spacial score (nSPS) is 40.5. The first kappa shape index (κ1) is 7.52. The van der Waals surface area contributed by atoms with Crippen molar-refractivity contribution in [3.05, 3.63) is 24.8 Å². The predicted octanol–water partition coefficient (Wildman–Crippen LogP) is 2.72. The molecule has 1 rings (SSSR count). The van der Waals surface area contributed by atoms with Gasteiger partial charge in [-0.1, -0.05) is 25.2 Å². The SMILES string of the molecule is C=CC(C)C1C=CC1(C)F. The molecule has 0 aromatic heterocycles. The molecule has 0 saturated heterocycles. The fraction of sp³-hybridized carbons (Fsp3) is 0.556. The maximum atomic E-state index is 13.2. The van der Waals surface area contributed by atoms with Crippen LogP contribution in [0.1, 0.15) is 13.8 Å². The topological polar surface area (TPSA) is 0 Å². The predicted molar refractivity (Wildman–Crippen MR) is 41.5 cm³/mol. The Bertz CT molecular complexity index is 168. The van der Waals surface area contributed by atoms with Gasteiger partial charge in [-0.2, -0.15) is 0 Å². The molecule has 0 saturated carbocycles. The summed E-state index contributed by atoms with van der Waals surface area (Å²) in [6.07, 6.45) is 5.32. The van der Waals surface area contributed by atoms with Crippen LogP contribution < -0.4 is 0 Å². The van der Waals surface area contributed by atoms with Crippen molar-refractivity contribution in [2.75, 3.05) is 0 Å². The van der Waals surface area contributed by atoms with E-state index in [2.05, 4.69) is 6.58 Å². The zero-order chi connectivity index (χ0) is 7.78. The molecule has 0 nitrogen and oxygen atoms in total. The summed E-state index contributed by atoms with van der Waals surface area (Å²) in [5, 5.41) is 0. The standard InChI is InChI=1S/C9H13F/c1-4-7(2)8-5-6-9(8,3)10/h4-8H,1H2,2-3H3. The zero-order valence-corrected chi connectivity index (χ0v) is 6.47. The molecule has 0 N–H and O–H groups in total. The van der Waals surface area contributed by atoms with Crippen LogP contribution in [0.4, 0.5) is 4.39 Å². The first-order valence-corrected chi connectivity index (χ1v) is 3.59. The van der Waals surface area contributed by atoms with Gasteiger partial charge in [0, 0.05) is 5.92 Å². The smallest absolute Gasteiger partial charge is 0.133 e. The summed E-state index contributed by atoms with van der Waals surface area (Å²) in [5.41, 5.74) is -1.09. The van der Waals surface area contributed by atoms with Crippen LogP contribution in [-0.4, -0.2) is 5.67 Å². The summed E-state index contributed by atoms with van der Waals surface area (Å²) in [5.74, 6) is 0.296. The Hall–Kier alpha value is -0.590. The molecule has 0 fully saturated rings. The molecule has 0 heterocycles. The van der Waals surface area contributed by atoms with E-state index in [-0.39, 0.29) is 11.8 Å². The third-order valence-corrected chi connectivity index (χ3v) is 2.22. The molecule has 1 heteroatoms. The summed E-state index contributed by atoms with van der Waals surface area (Å²) in [6, 6.07) is 0. The van der Waals surface area contributed by atoms with E-state index in [1.54, 1.807) is 19.1 Å². The maximum Gasteiger partial charge on any atom is 0.133 e. The lowest BCUT2D eigenvalue weighted by Gasteiger charge is -2.36. The summed E-state index contributed by atoms with van der Waals surface area (Å²) in [4.78, 5) is 0. The molecule has 56 valence electrons.